The summed E-state index contributed by atoms with van der Waals surface area (Å²) >= 11 is 0. The predicted octanol–water partition coefficient (Wildman–Crippen LogP) is 2.05. The molecule has 0 aromatic carbocycles. The Hall–Kier alpha value is -0.740. The molecule has 1 rings (SSSR count). The molecule has 12 heavy (non-hydrogen) atoms. The molecular formula is C7H9F3O2. The first-order chi connectivity index (χ1) is 5.15. The zero-order valence-corrected chi connectivity index (χ0v) is 6.70. The summed E-state index contributed by atoms with van der Waals surface area (Å²) < 4.78 is 36.8. The molecule has 1 atom stereocenters. The van der Waals surface area contributed by atoms with Crippen molar-refractivity contribution in [3.63, 3.8) is 0 Å². The zero-order chi connectivity index (χ0) is 9.78. The van der Waals surface area contributed by atoms with Gasteiger partial charge in [-0.2, -0.15) is 13.2 Å². The van der Waals surface area contributed by atoms with Crippen molar-refractivity contribution in [2.45, 2.75) is 26.4 Å². The molecule has 0 radical (unpaired) electrons. The van der Waals surface area contributed by atoms with Gasteiger partial charge in [0.05, 0.1) is 0 Å². The van der Waals surface area contributed by atoms with Gasteiger partial charge >= 0.3 is 12.1 Å². The molecule has 5 heteroatoms. The summed E-state index contributed by atoms with van der Waals surface area (Å²) in [5.74, 6) is -1.76. The van der Waals surface area contributed by atoms with Gasteiger partial charge in [0.15, 0.2) is 5.41 Å². The molecule has 0 spiro atoms. The van der Waals surface area contributed by atoms with Crippen LogP contribution < -0.4 is 0 Å². The van der Waals surface area contributed by atoms with Crippen LogP contribution in [0.15, 0.2) is 0 Å². The number of aliphatic carboxylic acids is 1. The van der Waals surface area contributed by atoms with Gasteiger partial charge in [-0.25, -0.2) is 0 Å². The second-order valence-corrected chi connectivity index (χ2v) is 3.77. The van der Waals surface area contributed by atoms with Gasteiger partial charge in [0.1, 0.15) is 0 Å². The fourth-order valence-electron chi connectivity index (χ4n) is 1.59. The van der Waals surface area contributed by atoms with Crippen LogP contribution in [0.3, 0.4) is 0 Å². The average Bonchev–Trinajstić information content (AvgIpc) is 2.33. The highest BCUT2D eigenvalue weighted by molar-refractivity contribution is 5.81. The van der Waals surface area contributed by atoms with E-state index in [0.29, 0.717) is 0 Å². The SMILES string of the molecule is CC1(C)CC1(C(=O)O)C(F)(F)F. The second kappa shape index (κ2) is 1.95. The molecule has 0 bridgehead atoms. The molecule has 0 aromatic rings. The van der Waals surface area contributed by atoms with Crippen molar-refractivity contribution in [1.82, 2.24) is 0 Å². The number of rotatable bonds is 1. The van der Waals surface area contributed by atoms with Crippen LogP contribution in [0.4, 0.5) is 13.2 Å². The Morgan fingerprint density at radius 2 is 1.75 bits per heavy atom. The molecule has 1 saturated carbocycles. The third kappa shape index (κ3) is 0.850. The van der Waals surface area contributed by atoms with Crippen LogP contribution in [0.25, 0.3) is 0 Å². The summed E-state index contributed by atoms with van der Waals surface area (Å²) in [7, 11) is 0. The minimum Gasteiger partial charge on any atom is -0.481 e. The maximum absolute atomic E-state index is 12.3. The smallest absolute Gasteiger partial charge is 0.405 e. The maximum atomic E-state index is 12.3. The van der Waals surface area contributed by atoms with Crippen molar-refractivity contribution in [3.05, 3.63) is 0 Å². The van der Waals surface area contributed by atoms with Crippen LogP contribution in [0.1, 0.15) is 20.3 Å². The van der Waals surface area contributed by atoms with Crippen LogP contribution >= 0.6 is 0 Å². The van der Waals surface area contributed by atoms with E-state index in [4.69, 9.17) is 5.11 Å². The van der Waals surface area contributed by atoms with Crippen molar-refractivity contribution >= 4 is 5.97 Å². The van der Waals surface area contributed by atoms with Crippen LogP contribution in [-0.2, 0) is 4.79 Å². The molecule has 1 aliphatic carbocycles. The highest BCUT2D eigenvalue weighted by atomic mass is 19.4. The summed E-state index contributed by atoms with van der Waals surface area (Å²) in [5, 5.41) is 8.46. The highest BCUT2D eigenvalue weighted by Crippen LogP contribution is 2.70. The summed E-state index contributed by atoms with van der Waals surface area (Å²) in [6, 6.07) is 0. The van der Waals surface area contributed by atoms with Gasteiger partial charge in [0.2, 0.25) is 0 Å². The topological polar surface area (TPSA) is 37.3 Å². The molecule has 0 aromatic heterocycles. The maximum Gasteiger partial charge on any atom is 0.405 e. The summed E-state index contributed by atoms with van der Waals surface area (Å²) in [5.41, 5.74) is -3.66. The molecule has 1 fully saturated rings. The molecule has 2 nitrogen and oxygen atoms in total. The van der Waals surface area contributed by atoms with Crippen molar-refractivity contribution in [3.8, 4) is 0 Å². The lowest BCUT2D eigenvalue weighted by molar-refractivity contribution is -0.210. The van der Waals surface area contributed by atoms with Crippen molar-refractivity contribution in [1.29, 1.82) is 0 Å². The molecule has 0 heterocycles. The monoisotopic (exact) mass is 182 g/mol. The molecular weight excluding hydrogens is 173 g/mol. The van der Waals surface area contributed by atoms with E-state index in [1.807, 2.05) is 0 Å². The minimum atomic E-state index is -4.64. The van der Waals surface area contributed by atoms with Gasteiger partial charge in [-0.05, 0) is 11.8 Å². The molecule has 0 aliphatic heterocycles. The summed E-state index contributed by atoms with van der Waals surface area (Å²) in [4.78, 5) is 10.4. The second-order valence-electron chi connectivity index (χ2n) is 3.77. The van der Waals surface area contributed by atoms with Crippen LogP contribution in [0, 0.1) is 10.8 Å². The Labute approximate surface area is 67.4 Å². The number of carboxylic acid groups (broad SMARTS) is 1. The molecule has 0 saturated heterocycles. The highest BCUT2D eigenvalue weighted by Gasteiger charge is 2.80. The lowest BCUT2D eigenvalue weighted by Crippen LogP contribution is -2.36. The van der Waals surface area contributed by atoms with Crippen molar-refractivity contribution in [2.24, 2.45) is 10.8 Å². The summed E-state index contributed by atoms with van der Waals surface area (Å²) in [6.45, 7) is 2.63. The van der Waals surface area contributed by atoms with Gasteiger partial charge in [-0.3, -0.25) is 4.79 Å². The van der Waals surface area contributed by atoms with E-state index in [1.165, 1.54) is 13.8 Å². The Morgan fingerprint density at radius 1 is 1.42 bits per heavy atom. The molecule has 1 N–H and O–H groups in total. The van der Waals surface area contributed by atoms with Crippen molar-refractivity contribution in [2.75, 3.05) is 0 Å². The number of carbonyl (C=O) groups is 1. The molecule has 1 unspecified atom stereocenters. The first-order valence-corrected chi connectivity index (χ1v) is 3.45. The van der Waals surface area contributed by atoms with E-state index < -0.39 is 23.0 Å². The fourth-order valence-corrected chi connectivity index (χ4v) is 1.59. The first kappa shape index (κ1) is 9.35. The van der Waals surface area contributed by atoms with E-state index >= 15 is 0 Å². The van der Waals surface area contributed by atoms with Crippen molar-refractivity contribution < 1.29 is 23.1 Å². The molecule has 70 valence electrons. The first-order valence-electron chi connectivity index (χ1n) is 3.45. The van der Waals surface area contributed by atoms with Gasteiger partial charge in [-0.15, -0.1) is 0 Å². The van der Waals surface area contributed by atoms with Crippen LogP contribution in [-0.4, -0.2) is 17.3 Å². The summed E-state index contributed by atoms with van der Waals surface area (Å²) in [6.07, 6.45) is -4.96. The largest absolute Gasteiger partial charge is 0.481 e. The van der Waals surface area contributed by atoms with Gasteiger partial charge in [0.25, 0.3) is 0 Å². The lowest BCUT2D eigenvalue weighted by Gasteiger charge is -2.18. The van der Waals surface area contributed by atoms with Gasteiger partial charge in [-0.1, -0.05) is 13.8 Å². The Kier molecular flexibility index (Phi) is 1.52. The Balaban J connectivity index is 3.03. The van der Waals surface area contributed by atoms with Crippen LogP contribution in [0.5, 0.6) is 0 Å². The Bertz CT molecular complexity index is 231. The average molecular weight is 182 g/mol. The third-order valence-corrected chi connectivity index (χ3v) is 2.59. The number of hydrogen-bond acceptors (Lipinski definition) is 1. The number of halogens is 3. The quantitative estimate of drug-likeness (QED) is 0.673. The molecule has 0 amide bonds. The standard InChI is InChI=1S/C7H9F3O2/c1-5(2)3-6(5,4(11)12)7(8,9)10/h3H2,1-2H3,(H,11,12). The number of alkyl halides is 3. The predicted molar refractivity (Wildman–Crippen MR) is 34.5 cm³/mol. The third-order valence-electron chi connectivity index (χ3n) is 2.59. The van der Waals surface area contributed by atoms with E-state index in [0.717, 1.165) is 0 Å². The van der Waals surface area contributed by atoms with E-state index in [-0.39, 0.29) is 6.42 Å². The van der Waals surface area contributed by atoms with E-state index in [2.05, 4.69) is 0 Å². The van der Waals surface area contributed by atoms with Gasteiger partial charge < -0.3 is 5.11 Å². The van der Waals surface area contributed by atoms with Crippen LogP contribution in [0.2, 0.25) is 0 Å². The Morgan fingerprint density at radius 3 is 1.75 bits per heavy atom. The number of hydrogen-bond donors (Lipinski definition) is 1. The normalized spacial score (nSPS) is 33.1. The molecule has 1 aliphatic rings. The minimum absolute atomic E-state index is 0.321. The fraction of sp³-hybridized carbons (Fsp3) is 0.857. The van der Waals surface area contributed by atoms with Gasteiger partial charge in [0, 0.05) is 0 Å². The lowest BCUT2D eigenvalue weighted by atomic mass is 9.95. The van der Waals surface area contributed by atoms with E-state index in [1.54, 1.807) is 0 Å². The van der Waals surface area contributed by atoms with E-state index in [9.17, 15) is 18.0 Å². The zero-order valence-electron chi connectivity index (χ0n) is 6.70. The number of carboxylic acids is 1.